The highest BCUT2D eigenvalue weighted by atomic mass is 32.2. The van der Waals surface area contributed by atoms with Crippen LogP contribution in [-0.2, 0) is 11.5 Å². The molecule has 0 saturated carbocycles. The normalized spacial score (nSPS) is 10.4. The number of furan rings is 1. The predicted molar refractivity (Wildman–Crippen MR) is 71.2 cm³/mol. The summed E-state index contributed by atoms with van der Waals surface area (Å²) in [4.78, 5) is 10.3. The number of nitrogens with zero attached hydrogens (tertiary/aromatic N) is 1. The van der Waals surface area contributed by atoms with E-state index in [-0.39, 0.29) is 11.4 Å². The maximum atomic E-state index is 10.7. The van der Waals surface area contributed by atoms with Crippen molar-refractivity contribution >= 4 is 23.1 Å². The molecule has 0 aliphatic rings. The van der Waals surface area contributed by atoms with E-state index in [0.717, 1.165) is 17.1 Å². The van der Waals surface area contributed by atoms with Crippen LogP contribution in [0, 0.1) is 10.1 Å². The highest BCUT2D eigenvalue weighted by Gasteiger charge is 2.11. The number of rotatable bonds is 5. The number of nitrogen functional groups attached to an aromatic ring is 1. The van der Waals surface area contributed by atoms with Crippen molar-refractivity contribution in [2.24, 2.45) is 0 Å². The minimum Gasteiger partial charge on any atom is -0.468 e. The zero-order valence-corrected chi connectivity index (χ0v) is 10.4. The number of thioether (sulfide) groups is 1. The summed E-state index contributed by atoms with van der Waals surface area (Å²) in [6.07, 6.45) is 1.63. The van der Waals surface area contributed by atoms with Crippen molar-refractivity contribution in [1.82, 2.24) is 0 Å². The number of benzene rings is 1. The number of anilines is 1. The average molecular weight is 264 g/mol. The lowest BCUT2D eigenvalue weighted by molar-refractivity contribution is -0.383. The zero-order chi connectivity index (χ0) is 13.0. The highest BCUT2D eigenvalue weighted by molar-refractivity contribution is 7.97. The van der Waals surface area contributed by atoms with Crippen LogP contribution in [0.2, 0.25) is 0 Å². The molecule has 18 heavy (non-hydrogen) atoms. The third-order valence-electron chi connectivity index (χ3n) is 2.38. The molecule has 0 aliphatic heterocycles. The first kappa shape index (κ1) is 12.5. The van der Waals surface area contributed by atoms with Crippen LogP contribution in [0.3, 0.4) is 0 Å². The molecular weight excluding hydrogens is 252 g/mol. The van der Waals surface area contributed by atoms with Crippen molar-refractivity contribution < 1.29 is 9.34 Å². The van der Waals surface area contributed by atoms with E-state index in [1.165, 1.54) is 6.07 Å². The summed E-state index contributed by atoms with van der Waals surface area (Å²) >= 11 is 1.63. The minimum absolute atomic E-state index is 0.0360. The summed E-state index contributed by atoms with van der Waals surface area (Å²) in [6.45, 7) is 0. The van der Waals surface area contributed by atoms with Gasteiger partial charge in [0.25, 0.3) is 5.69 Å². The fourth-order valence-electron chi connectivity index (χ4n) is 1.50. The fourth-order valence-corrected chi connectivity index (χ4v) is 2.38. The number of hydrogen-bond donors (Lipinski definition) is 1. The molecule has 0 amide bonds. The van der Waals surface area contributed by atoms with Gasteiger partial charge in [-0.3, -0.25) is 10.1 Å². The molecule has 1 aromatic heterocycles. The van der Waals surface area contributed by atoms with Crippen LogP contribution in [0.5, 0.6) is 0 Å². The van der Waals surface area contributed by atoms with Crippen LogP contribution < -0.4 is 5.73 Å². The van der Waals surface area contributed by atoms with Crippen molar-refractivity contribution in [2.75, 3.05) is 5.73 Å². The Morgan fingerprint density at radius 3 is 2.83 bits per heavy atom. The summed E-state index contributed by atoms with van der Waals surface area (Å²) < 4.78 is 5.20. The van der Waals surface area contributed by atoms with E-state index >= 15 is 0 Å². The van der Waals surface area contributed by atoms with Crippen molar-refractivity contribution in [2.45, 2.75) is 11.5 Å². The molecule has 5 nitrogen and oxygen atoms in total. The van der Waals surface area contributed by atoms with Gasteiger partial charge in [0.15, 0.2) is 0 Å². The van der Waals surface area contributed by atoms with Crippen molar-refractivity contribution in [3.05, 3.63) is 58.0 Å². The van der Waals surface area contributed by atoms with Gasteiger partial charge in [0.05, 0.1) is 16.9 Å². The molecule has 0 spiro atoms. The van der Waals surface area contributed by atoms with Crippen LogP contribution in [0.25, 0.3) is 0 Å². The van der Waals surface area contributed by atoms with Gasteiger partial charge in [-0.15, -0.1) is 11.8 Å². The molecule has 1 aromatic carbocycles. The third kappa shape index (κ3) is 3.04. The van der Waals surface area contributed by atoms with Crippen LogP contribution in [0.1, 0.15) is 11.3 Å². The maximum Gasteiger partial charge on any atom is 0.292 e. The Morgan fingerprint density at radius 2 is 2.17 bits per heavy atom. The molecule has 0 atom stereocenters. The van der Waals surface area contributed by atoms with Crippen LogP contribution >= 0.6 is 11.8 Å². The van der Waals surface area contributed by atoms with Crippen molar-refractivity contribution in [1.29, 1.82) is 0 Å². The molecule has 0 bridgehead atoms. The fraction of sp³-hybridized carbons (Fsp3) is 0.167. The standard InChI is InChI=1S/C12H12N2O3S/c13-11-4-3-9(6-12(11)14(15)16)7-18-8-10-2-1-5-17-10/h1-6H,7-8,13H2. The summed E-state index contributed by atoms with van der Waals surface area (Å²) in [5.74, 6) is 2.32. The van der Waals surface area contributed by atoms with Crippen LogP contribution in [0.4, 0.5) is 11.4 Å². The summed E-state index contributed by atoms with van der Waals surface area (Å²) in [7, 11) is 0. The van der Waals surface area contributed by atoms with Crippen molar-refractivity contribution in [3.63, 3.8) is 0 Å². The van der Waals surface area contributed by atoms with Gasteiger partial charge < -0.3 is 10.2 Å². The van der Waals surface area contributed by atoms with Gasteiger partial charge >= 0.3 is 0 Å². The van der Waals surface area contributed by atoms with E-state index in [9.17, 15) is 10.1 Å². The number of hydrogen-bond acceptors (Lipinski definition) is 5. The Morgan fingerprint density at radius 1 is 1.33 bits per heavy atom. The van der Waals surface area contributed by atoms with Gasteiger partial charge in [-0.1, -0.05) is 6.07 Å². The minimum atomic E-state index is -0.462. The number of nitrogens with two attached hydrogens (primary N) is 1. The van der Waals surface area contributed by atoms with Gasteiger partial charge in [-0.25, -0.2) is 0 Å². The average Bonchev–Trinajstić information content (AvgIpc) is 2.84. The first-order valence-corrected chi connectivity index (χ1v) is 6.45. The van der Waals surface area contributed by atoms with Gasteiger partial charge in [-0.05, 0) is 23.8 Å². The van der Waals surface area contributed by atoms with Gasteiger partial charge in [0.2, 0.25) is 0 Å². The Labute approximate surface area is 108 Å². The third-order valence-corrected chi connectivity index (χ3v) is 3.41. The van der Waals surface area contributed by atoms with E-state index in [1.807, 2.05) is 12.1 Å². The monoisotopic (exact) mass is 264 g/mol. The molecule has 1 heterocycles. The smallest absolute Gasteiger partial charge is 0.292 e. The molecule has 0 unspecified atom stereocenters. The molecule has 94 valence electrons. The molecule has 0 radical (unpaired) electrons. The van der Waals surface area contributed by atoms with E-state index in [0.29, 0.717) is 5.75 Å². The summed E-state index contributed by atoms with van der Waals surface area (Å²) in [6, 6.07) is 8.63. The molecule has 2 aromatic rings. The topological polar surface area (TPSA) is 82.3 Å². The molecule has 0 aliphatic carbocycles. The summed E-state index contributed by atoms with van der Waals surface area (Å²) in [5.41, 5.74) is 6.57. The number of nitro benzene ring substituents is 1. The maximum absolute atomic E-state index is 10.7. The second kappa shape index (κ2) is 5.59. The van der Waals surface area contributed by atoms with Crippen molar-refractivity contribution in [3.8, 4) is 0 Å². The quantitative estimate of drug-likeness (QED) is 0.509. The highest BCUT2D eigenvalue weighted by Crippen LogP contribution is 2.25. The van der Waals surface area contributed by atoms with Gasteiger partial charge in [0.1, 0.15) is 11.4 Å². The lowest BCUT2D eigenvalue weighted by Gasteiger charge is -2.02. The van der Waals surface area contributed by atoms with E-state index in [4.69, 9.17) is 10.2 Å². The lowest BCUT2D eigenvalue weighted by atomic mass is 10.2. The molecule has 2 N–H and O–H groups in total. The largest absolute Gasteiger partial charge is 0.468 e. The van der Waals surface area contributed by atoms with Gasteiger partial charge in [0, 0.05) is 11.8 Å². The SMILES string of the molecule is Nc1ccc(CSCc2ccco2)cc1[N+](=O)[O-]. The Kier molecular flexibility index (Phi) is 3.88. The van der Waals surface area contributed by atoms with E-state index < -0.39 is 4.92 Å². The first-order valence-electron chi connectivity index (χ1n) is 5.30. The second-order valence-electron chi connectivity index (χ2n) is 3.72. The van der Waals surface area contributed by atoms with E-state index in [2.05, 4.69) is 0 Å². The van der Waals surface area contributed by atoms with Crippen LogP contribution in [-0.4, -0.2) is 4.92 Å². The first-order chi connectivity index (χ1) is 8.66. The van der Waals surface area contributed by atoms with E-state index in [1.54, 1.807) is 30.2 Å². The predicted octanol–water partition coefficient (Wildman–Crippen LogP) is 3.20. The Bertz CT molecular complexity index is 540. The molecule has 0 fully saturated rings. The lowest BCUT2D eigenvalue weighted by Crippen LogP contribution is -1.96. The molecule has 0 saturated heterocycles. The summed E-state index contributed by atoms with van der Waals surface area (Å²) in [5, 5.41) is 10.7. The van der Waals surface area contributed by atoms with Gasteiger partial charge in [-0.2, -0.15) is 0 Å². The number of nitro groups is 1. The zero-order valence-electron chi connectivity index (χ0n) is 9.54. The Hall–Kier alpha value is -1.95. The second-order valence-corrected chi connectivity index (χ2v) is 4.71. The molecule has 6 heteroatoms. The van der Waals surface area contributed by atoms with Crippen LogP contribution in [0.15, 0.2) is 41.0 Å². The Balaban J connectivity index is 1.97. The molecular formula is C12H12N2O3S. The molecule has 2 rings (SSSR count).